The van der Waals surface area contributed by atoms with Crippen molar-refractivity contribution in [3.63, 3.8) is 0 Å². The van der Waals surface area contributed by atoms with E-state index in [0.717, 1.165) is 12.1 Å². The van der Waals surface area contributed by atoms with Gasteiger partial charge in [0.25, 0.3) is 0 Å². The van der Waals surface area contributed by atoms with E-state index in [2.05, 4.69) is 4.74 Å². The molecule has 0 aromatic heterocycles. The number of rotatable bonds is 4. The second-order valence-electron chi connectivity index (χ2n) is 3.07. The van der Waals surface area contributed by atoms with Gasteiger partial charge in [0.2, 0.25) is 9.05 Å². The first kappa shape index (κ1) is 13.2. The molecule has 7 heteroatoms. The normalized spacial score (nSPS) is 11.5. The highest BCUT2D eigenvalue weighted by Crippen LogP contribution is 2.23. The summed E-state index contributed by atoms with van der Waals surface area (Å²) in [6.45, 7) is 0. The van der Waals surface area contributed by atoms with Crippen LogP contribution >= 0.6 is 10.7 Å². The van der Waals surface area contributed by atoms with Gasteiger partial charge in [-0.1, -0.05) is 0 Å². The summed E-state index contributed by atoms with van der Waals surface area (Å²) >= 11 is 0. The minimum atomic E-state index is -3.73. The molecule has 0 fully saturated rings. The fourth-order valence-electron chi connectivity index (χ4n) is 1.18. The van der Waals surface area contributed by atoms with Gasteiger partial charge in [0.05, 0.1) is 12.9 Å². The predicted molar refractivity (Wildman–Crippen MR) is 56.3 cm³/mol. The van der Waals surface area contributed by atoms with Crippen LogP contribution in [-0.2, 0) is 15.5 Å². The quantitative estimate of drug-likeness (QED) is 0.787. The van der Waals surface area contributed by atoms with E-state index in [-0.39, 0.29) is 17.7 Å². The summed E-state index contributed by atoms with van der Waals surface area (Å²) in [6, 6.07) is 1.80. The zero-order valence-corrected chi connectivity index (χ0v) is 9.91. The molecule has 0 bridgehead atoms. The molecule has 0 atom stereocenters. The largest absolute Gasteiger partial charge is 0.494 e. The molecule has 16 heavy (non-hydrogen) atoms. The first-order chi connectivity index (χ1) is 7.33. The first-order valence-corrected chi connectivity index (χ1v) is 6.75. The SMILES string of the molecule is COc1cc(F)cc(CCS(=O)(=O)Cl)c1F. The average Bonchev–Trinajstić information content (AvgIpc) is 2.17. The van der Waals surface area contributed by atoms with E-state index in [1.54, 1.807) is 0 Å². The molecule has 0 radical (unpaired) electrons. The molecular weight excluding hydrogens is 262 g/mol. The minimum absolute atomic E-state index is 0.0823. The molecule has 3 nitrogen and oxygen atoms in total. The van der Waals surface area contributed by atoms with Crippen LogP contribution in [0.3, 0.4) is 0 Å². The molecule has 1 aromatic carbocycles. The van der Waals surface area contributed by atoms with E-state index in [4.69, 9.17) is 10.7 Å². The van der Waals surface area contributed by atoms with Crippen LogP contribution in [0.2, 0.25) is 0 Å². The number of hydrogen-bond acceptors (Lipinski definition) is 3. The molecule has 0 aliphatic heterocycles. The molecule has 0 aliphatic carbocycles. The molecular formula is C9H9ClF2O3S. The van der Waals surface area contributed by atoms with E-state index in [0.29, 0.717) is 0 Å². The van der Waals surface area contributed by atoms with Gasteiger partial charge in [0, 0.05) is 16.7 Å². The Labute approximate surface area is 96.4 Å². The highest BCUT2D eigenvalue weighted by molar-refractivity contribution is 8.13. The number of methoxy groups -OCH3 is 1. The van der Waals surface area contributed by atoms with Gasteiger partial charge in [-0.3, -0.25) is 0 Å². The van der Waals surface area contributed by atoms with E-state index >= 15 is 0 Å². The smallest absolute Gasteiger partial charge is 0.232 e. The van der Waals surface area contributed by atoms with Crippen LogP contribution in [0.4, 0.5) is 8.78 Å². The van der Waals surface area contributed by atoms with Crippen molar-refractivity contribution in [3.8, 4) is 5.75 Å². The maximum absolute atomic E-state index is 13.5. The van der Waals surface area contributed by atoms with Crippen molar-refractivity contribution in [3.05, 3.63) is 29.3 Å². The van der Waals surface area contributed by atoms with Crippen LogP contribution in [0.5, 0.6) is 5.75 Å². The second-order valence-corrected chi connectivity index (χ2v) is 5.97. The van der Waals surface area contributed by atoms with Crippen molar-refractivity contribution in [2.45, 2.75) is 6.42 Å². The van der Waals surface area contributed by atoms with Crippen LogP contribution in [0.25, 0.3) is 0 Å². The molecule has 1 rings (SSSR count). The predicted octanol–water partition coefficient (Wildman–Crippen LogP) is 2.08. The maximum atomic E-state index is 13.5. The van der Waals surface area contributed by atoms with E-state index in [1.165, 1.54) is 7.11 Å². The summed E-state index contributed by atoms with van der Waals surface area (Å²) in [4.78, 5) is 0. The summed E-state index contributed by atoms with van der Waals surface area (Å²) in [7, 11) is 2.44. The molecule has 0 saturated heterocycles. The summed E-state index contributed by atoms with van der Waals surface area (Å²) in [5, 5.41) is 0. The zero-order chi connectivity index (χ0) is 12.3. The number of hydrogen-bond donors (Lipinski definition) is 0. The third kappa shape index (κ3) is 3.61. The van der Waals surface area contributed by atoms with E-state index in [1.807, 2.05) is 0 Å². The Balaban J connectivity index is 3.00. The van der Waals surface area contributed by atoms with Crippen molar-refractivity contribution in [1.29, 1.82) is 0 Å². The minimum Gasteiger partial charge on any atom is -0.494 e. The third-order valence-corrected chi connectivity index (χ3v) is 3.07. The number of halogens is 3. The van der Waals surface area contributed by atoms with Gasteiger partial charge in [-0.25, -0.2) is 17.2 Å². The van der Waals surface area contributed by atoms with Gasteiger partial charge in [-0.2, -0.15) is 0 Å². The van der Waals surface area contributed by atoms with E-state index < -0.39 is 26.4 Å². The molecule has 0 unspecified atom stereocenters. The van der Waals surface area contributed by atoms with Crippen molar-refractivity contribution < 1.29 is 21.9 Å². The lowest BCUT2D eigenvalue weighted by molar-refractivity contribution is 0.380. The van der Waals surface area contributed by atoms with Gasteiger partial charge in [0.1, 0.15) is 5.82 Å². The average molecular weight is 271 g/mol. The van der Waals surface area contributed by atoms with Gasteiger partial charge in [0.15, 0.2) is 11.6 Å². The summed E-state index contributed by atoms with van der Waals surface area (Å²) in [5.74, 6) is -2.19. The number of aryl methyl sites for hydroxylation is 1. The lowest BCUT2D eigenvalue weighted by atomic mass is 10.1. The highest BCUT2D eigenvalue weighted by Gasteiger charge is 2.14. The fraction of sp³-hybridized carbons (Fsp3) is 0.333. The Hall–Kier alpha value is -0.880. The maximum Gasteiger partial charge on any atom is 0.232 e. The third-order valence-electron chi connectivity index (χ3n) is 1.91. The molecule has 0 aliphatic rings. The summed E-state index contributed by atoms with van der Waals surface area (Å²) < 4.78 is 52.4. The van der Waals surface area contributed by atoms with Crippen LogP contribution in [-0.4, -0.2) is 21.3 Å². The lowest BCUT2D eigenvalue weighted by Crippen LogP contribution is -2.04. The Morgan fingerprint density at radius 3 is 2.50 bits per heavy atom. The van der Waals surface area contributed by atoms with E-state index in [9.17, 15) is 17.2 Å². The van der Waals surface area contributed by atoms with Crippen LogP contribution in [0.15, 0.2) is 12.1 Å². The van der Waals surface area contributed by atoms with Crippen molar-refractivity contribution in [1.82, 2.24) is 0 Å². The van der Waals surface area contributed by atoms with Crippen molar-refractivity contribution in [2.24, 2.45) is 0 Å². The van der Waals surface area contributed by atoms with Gasteiger partial charge >= 0.3 is 0 Å². The van der Waals surface area contributed by atoms with Crippen LogP contribution in [0, 0.1) is 11.6 Å². The van der Waals surface area contributed by atoms with Gasteiger partial charge in [-0.05, 0) is 18.1 Å². The first-order valence-electron chi connectivity index (χ1n) is 4.27. The number of benzene rings is 1. The number of ether oxygens (including phenoxy) is 1. The topological polar surface area (TPSA) is 43.4 Å². The molecule has 0 heterocycles. The monoisotopic (exact) mass is 270 g/mol. The molecule has 0 amide bonds. The molecule has 0 N–H and O–H groups in total. The fourth-order valence-corrected chi connectivity index (χ4v) is 1.88. The lowest BCUT2D eigenvalue weighted by Gasteiger charge is -2.07. The Kier molecular flexibility index (Phi) is 4.09. The highest BCUT2D eigenvalue weighted by atomic mass is 35.7. The Morgan fingerprint density at radius 2 is 2.00 bits per heavy atom. The van der Waals surface area contributed by atoms with Crippen LogP contribution < -0.4 is 4.74 Å². The summed E-state index contributed by atoms with van der Waals surface area (Å²) in [6.07, 6.45) is -0.203. The van der Waals surface area contributed by atoms with Gasteiger partial charge in [-0.15, -0.1) is 0 Å². The second kappa shape index (κ2) is 4.97. The standard InChI is InChI=1S/C9H9ClF2O3S/c1-15-8-5-7(11)4-6(9(8)12)2-3-16(10,13)14/h4-5H,2-3H2,1H3. The Morgan fingerprint density at radius 1 is 1.38 bits per heavy atom. The molecule has 0 saturated carbocycles. The van der Waals surface area contributed by atoms with Crippen molar-refractivity contribution in [2.75, 3.05) is 12.9 Å². The molecule has 0 spiro atoms. The van der Waals surface area contributed by atoms with Crippen molar-refractivity contribution >= 4 is 19.7 Å². The summed E-state index contributed by atoms with van der Waals surface area (Å²) in [5.41, 5.74) is -0.0823. The molecule has 90 valence electrons. The van der Waals surface area contributed by atoms with Crippen LogP contribution in [0.1, 0.15) is 5.56 Å². The Bertz CT molecular complexity index is 488. The molecule has 1 aromatic rings. The van der Waals surface area contributed by atoms with Gasteiger partial charge < -0.3 is 4.74 Å². The zero-order valence-electron chi connectivity index (χ0n) is 8.34.